The second-order valence-electron chi connectivity index (χ2n) is 5.31. The maximum Gasteiger partial charge on any atom is 0.119 e. The van der Waals surface area contributed by atoms with Crippen LogP contribution >= 0.6 is 11.6 Å². The minimum Gasteiger partial charge on any atom is -0.494 e. The number of alkyl halides is 1. The molecule has 0 aliphatic heterocycles. The maximum atomic E-state index is 6.13. The lowest BCUT2D eigenvalue weighted by molar-refractivity contribution is 0.297. The van der Waals surface area contributed by atoms with E-state index in [0.29, 0.717) is 6.61 Å². The highest BCUT2D eigenvalue weighted by molar-refractivity contribution is 6.20. The molecule has 21 heavy (non-hydrogen) atoms. The summed E-state index contributed by atoms with van der Waals surface area (Å²) >= 11 is 6.13. The fraction of sp³-hybridized carbons (Fsp3) is 0.500. The molecule has 2 aromatic rings. The van der Waals surface area contributed by atoms with Crippen LogP contribution in [0.15, 0.2) is 24.4 Å². The van der Waals surface area contributed by atoms with E-state index in [0.717, 1.165) is 30.8 Å². The number of hydrogen-bond acceptors (Lipinski definition) is 3. The number of hydrogen-bond donors (Lipinski definition) is 0. The summed E-state index contributed by atoms with van der Waals surface area (Å²) in [5.41, 5.74) is 3.28. The van der Waals surface area contributed by atoms with Gasteiger partial charge in [0.25, 0.3) is 0 Å². The van der Waals surface area contributed by atoms with Crippen molar-refractivity contribution >= 4 is 11.6 Å². The molecule has 1 aromatic heterocycles. The first-order chi connectivity index (χ1) is 10.1. The fourth-order valence-electron chi connectivity index (χ4n) is 2.21. The highest BCUT2D eigenvalue weighted by Gasteiger charge is 2.09. The van der Waals surface area contributed by atoms with E-state index in [2.05, 4.69) is 42.4 Å². The fourth-order valence-corrected chi connectivity index (χ4v) is 2.31. The van der Waals surface area contributed by atoms with Crippen molar-refractivity contribution in [1.82, 2.24) is 15.0 Å². The SMILES string of the molecule is CCC(Cl)c1cn(CCCOc2cc(C)cc(C)c2)nn1. The van der Waals surface area contributed by atoms with Gasteiger partial charge in [0.05, 0.1) is 12.0 Å². The second kappa shape index (κ2) is 7.46. The minimum absolute atomic E-state index is 0.0507. The zero-order valence-electron chi connectivity index (χ0n) is 12.8. The summed E-state index contributed by atoms with van der Waals surface area (Å²) in [6, 6.07) is 6.25. The summed E-state index contributed by atoms with van der Waals surface area (Å²) in [5, 5.41) is 8.12. The van der Waals surface area contributed by atoms with Crippen molar-refractivity contribution in [2.24, 2.45) is 0 Å². The predicted octanol–water partition coefficient (Wildman–Crippen LogP) is 4.05. The first-order valence-electron chi connectivity index (χ1n) is 7.33. The normalized spacial score (nSPS) is 12.4. The van der Waals surface area contributed by atoms with Crippen molar-refractivity contribution in [1.29, 1.82) is 0 Å². The van der Waals surface area contributed by atoms with Gasteiger partial charge in [0.2, 0.25) is 0 Å². The Kier molecular flexibility index (Phi) is 5.62. The molecule has 2 rings (SSSR count). The van der Waals surface area contributed by atoms with E-state index in [4.69, 9.17) is 16.3 Å². The molecule has 114 valence electrons. The lowest BCUT2D eigenvalue weighted by Gasteiger charge is -2.08. The zero-order valence-corrected chi connectivity index (χ0v) is 13.6. The van der Waals surface area contributed by atoms with Crippen LogP contribution in [0.2, 0.25) is 0 Å². The first kappa shape index (κ1) is 15.8. The van der Waals surface area contributed by atoms with E-state index in [9.17, 15) is 0 Å². The van der Waals surface area contributed by atoms with Gasteiger partial charge in [-0.05, 0) is 43.5 Å². The lowest BCUT2D eigenvalue weighted by atomic mass is 10.1. The topological polar surface area (TPSA) is 39.9 Å². The van der Waals surface area contributed by atoms with E-state index >= 15 is 0 Å². The Hall–Kier alpha value is -1.55. The minimum atomic E-state index is -0.0507. The van der Waals surface area contributed by atoms with Crippen LogP contribution in [0.3, 0.4) is 0 Å². The van der Waals surface area contributed by atoms with E-state index < -0.39 is 0 Å². The molecule has 0 aliphatic carbocycles. The number of benzene rings is 1. The highest BCUT2D eigenvalue weighted by Crippen LogP contribution is 2.20. The van der Waals surface area contributed by atoms with E-state index in [1.165, 1.54) is 11.1 Å². The molecule has 0 bridgehead atoms. The van der Waals surface area contributed by atoms with Gasteiger partial charge in [-0.1, -0.05) is 18.2 Å². The van der Waals surface area contributed by atoms with Gasteiger partial charge in [0.1, 0.15) is 11.4 Å². The largest absolute Gasteiger partial charge is 0.494 e. The summed E-state index contributed by atoms with van der Waals surface area (Å²) in [7, 11) is 0. The van der Waals surface area contributed by atoms with Crippen LogP contribution in [0, 0.1) is 13.8 Å². The Labute approximate surface area is 131 Å². The maximum absolute atomic E-state index is 6.13. The van der Waals surface area contributed by atoms with Gasteiger partial charge in [-0.25, -0.2) is 0 Å². The van der Waals surface area contributed by atoms with Crippen LogP contribution in [0.4, 0.5) is 0 Å². The van der Waals surface area contributed by atoms with Gasteiger partial charge >= 0.3 is 0 Å². The smallest absolute Gasteiger partial charge is 0.119 e. The quantitative estimate of drug-likeness (QED) is 0.572. The third-order valence-electron chi connectivity index (χ3n) is 3.23. The van der Waals surface area contributed by atoms with Crippen LogP contribution in [0.25, 0.3) is 0 Å². The molecule has 0 saturated carbocycles. The first-order valence-corrected chi connectivity index (χ1v) is 7.77. The summed E-state index contributed by atoms with van der Waals surface area (Å²) in [6.07, 6.45) is 3.66. The number of rotatable bonds is 7. The third kappa shape index (κ3) is 4.74. The molecular weight excluding hydrogens is 286 g/mol. The van der Waals surface area contributed by atoms with Crippen molar-refractivity contribution in [2.45, 2.75) is 45.5 Å². The molecule has 5 heteroatoms. The Morgan fingerprint density at radius 1 is 1.24 bits per heavy atom. The molecule has 1 atom stereocenters. The molecular formula is C16H22ClN3O. The van der Waals surface area contributed by atoms with Crippen molar-refractivity contribution in [2.75, 3.05) is 6.61 Å². The average molecular weight is 308 g/mol. The lowest BCUT2D eigenvalue weighted by Crippen LogP contribution is -2.05. The van der Waals surface area contributed by atoms with E-state index in [-0.39, 0.29) is 5.38 Å². The van der Waals surface area contributed by atoms with Gasteiger partial charge in [-0.3, -0.25) is 4.68 Å². The number of nitrogens with zero attached hydrogens (tertiary/aromatic N) is 3. The molecule has 0 aliphatic rings. The van der Waals surface area contributed by atoms with Crippen molar-refractivity contribution in [3.8, 4) is 5.75 Å². The van der Waals surface area contributed by atoms with Crippen LogP contribution in [-0.2, 0) is 6.54 Å². The van der Waals surface area contributed by atoms with Gasteiger partial charge in [0.15, 0.2) is 0 Å². The van der Waals surface area contributed by atoms with Gasteiger partial charge in [-0.2, -0.15) is 0 Å². The molecule has 0 N–H and O–H groups in total. The number of aromatic nitrogens is 3. The van der Waals surface area contributed by atoms with E-state index in [1.807, 2.05) is 17.8 Å². The molecule has 1 aromatic carbocycles. The molecule has 4 nitrogen and oxygen atoms in total. The standard InChI is InChI=1S/C16H22ClN3O/c1-4-15(17)16-11-20(19-18-16)6-5-7-21-14-9-12(2)8-13(3)10-14/h8-11,15H,4-7H2,1-3H3. The average Bonchev–Trinajstić information content (AvgIpc) is 2.90. The van der Waals surface area contributed by atoms with Gasteiger partial charge < -0.3 is 4.74 Å². The van der Waals surface area contributed by atoms with Crippen molar-refractivity contribution in [3.63, 3.8) is 0 Å². The zero-order chi connectivity index (χ0) is 15.2. The van der Waals surface area contributed by atoms with Crippen LogP contribution in [-0.4, -0.2) is 21.6 Å². The Morgan fingerprint density at radius 3 is 2.62 bits per heavy atom. The predicted molar refractivity (Wildman–Crippen MR) is 84.9 cm³/mol. The molecule has 0 fully saturated rings. The summed E-state index contributed by atoms with van der Waals surface area (Å²) in [4.78, 5) is 0. The van der Waals surface area contributed by atoms with Gasteiger partial charge in [-0.15, -0.1) is 16.7 Å². The van der Waals surface area contributed by atoms with E-state index in [1.54, 1.807) is 0 Å². The Balaban J connectivity index is 1.78. The van der Waals surface area contributed by atoms with Crippen molar-refractivity contribution in [3.05, 3.63) is 41.2 Å². The third-order valence-corrected chi connectivity index (χ3v) is 3.76. The monoisotopic (exact) mass is 307 g/mol. The molecule has 0 spiro atoms. The Morgan fingerprint density at radius 2 is 1.95 bits per heavy atom. The molecule has 0 radical (unpaired) electrons. The molecule has 0 saturated heterocycles. The summed E-state index contributed by atoms with van der Waals surface area (Å²) < 4.78 is 7.60. The second-order valence-corrected chi connectivity index (χ2v) is 5.83. The molecule has 1 heterocycles. The number of halogens is 1. The Bertz CT molecular complexity index is 562. The number of aryl methyl sites for hydroxylation is 3. The highest BCUT2D eigenvalue weighted by atomic mass is 35.5. The van der Waals surface area contributed by atoms with Gasteiger partial charge in [0, 0.05) is 19.2 Å². The summed E-state index contributed by atoms with van der Waals surface area (Å²) in [6.45, 7) is 7.63. The molecule has 1 unspecified atom stereocenters. The van der Waals surface area contributed by atoms with Crippen LogP contribution < -0.4 is 4.74 Å². The summed E-state index contributed by atoms with van der Waals surface area (Å²) in [5.74, 6) is 0.929. The number of ether oxygens (including phenoxy) is 1. The van der Waals surface area contributed by atoms with Crippen LogP contribution in [0.1, 0.15) is 42.0 Å². The molecule has 0 amide bonds. The van der Waals surface area contributed by atoms with Crippen LogP contribution in [0.5, 0.6) is 5.75 Å². The van der Waals surface area contributed by atoms with Crippen molar-refractivity contribution < 1.29 is 4.74 Å².